The van der Waals surface area contributed by atoms with Crippen LogP contribution in [0, 0.1) is 10.8 Å². The van der Waals surface area contributed by atoms with Crippen LogP contribution in [0.5, 0.6) is 0 Å². The first-order valence-corrected chi connectivity index (χ1v) is 6.73. The summed E-state index contributed by atoms with van der Waals surface area (Å²) in [6.07, 6.45) is 8.03. The summed E-state index contributed by atoms with van der Waals surface area (Å²) in [5.74, 6) is 0. The Kier molecular flexibility index (Phi) is 6.14. The van der Waals surface area contributed by atoms with Gasteiger partial charge in [-0.25, -0.2) is 0 Å². The fourth-order valence-electron chi connectivity index (χ4n) is 1.67. The number of nitrogens with two attached hydrogens (primary N) is 1. The quantitative estimate of drug-likeness (QED) is 0.657. The van der Waals surface area contributed by atoms with Gasteiger partial charge in [0.15, 0.2) is 0 Å². The molecule has 0 aliphatic heterocycles. The lowest BCUT2D eigenvalue weighted by Gasteiger charge is -2.26. The van der Waals surface area contributed by atoms with Crippen LogP contribution in [-0.2, 0) is 0 Å². The highest BCUT2D eigenvalue weighted by molar-refractivity contribution is 5.01. The fraction of sp³-hybridized carbons (Fsp3) is 0.867. The normalized spacial score (nSPS) is 14.2. The molecule has 2 N–H and O–H groups in total. The molecule has 1 heteroatoms. The molecule has 0 heterocycles. The van der Waals surface area contributed by atoms with E-state index in [4.69, 9.17) is 5.73 Å². The SMILES string of the molecule is CCC(C)(C)C/C(N)=C/CC(C)(CC)CC. The Morgan fingerprint density at radius 1 is 1.00 bits per heavy atom. The van der Waals surface area contributed by atoms with Crippen LogP contribution in [0.2, 0.25) is 0 Å². The Morgan fingerprint density at radius 2 is 1.50 bits per heavy atom. The third kappa shape index (κ3) is 5.58. The molecule has 96 valence electrons. The molecule has 0 aromatic rings. The average molecular weight is 225 g/mol. The van der Waals surface area contributed by atoms with E-state index in [1.807, 2.05) is 0 Å². The molecule has 0 saturated heterocycles. The minimum atomic E-state index is 0.343. The number of hydrogen-bond acceptors (Lipinski definition) is 1. The maximum atomic E-state index is 6.11. The van der Waals surface area contributed by atoms with E-state index in [0.717, 1.165) is 18.5 Å². The highest BCUT2D eigenvalue weighted by Crippen LogP contribution is 2.32. The lowest BCUT2D eigenvalue weighted by atomic mass is 9.80. The van der Waals surface area contributed by atoms with Crippen molar-refractivity contribution < 1.29 is 0 Å². The Bertz CT molecular complexity index is 222. The predicted octanol–water partition coefficient (Wildman–Crippen LogP) is 4.87. The number of rotatable bonds is 7. The van der Waals surface area contributed by atoms with Gasteiger partial charge in [-0.05, 0) is 23.7 Å². The number of hydrogen-bond donors (Lipinski definition) is 1. The molecule has 0 amide bonds. The van der Waals surface area contributed by atoms with Gasteiger partial charge in [-0.2, -0.15) is 0 Å². The highest BCUT2D eigenvalue weighted by Gasteiger charge is 2.19. The van der Waals surface area contributed by atoms with Crippen molar-refractivity contribution in [1.29, 1.82) is 0 Å². The van der Waals surface area contributed by atoms with E-state index < -0.39 is 0 Å². The lowest BCUT2D eigenvalue weighted by molar-refractivity contribution is 0.299. The van der Waals surface area contributed by atoms with Crippen LogP contribution in [0.3, 0.4) is 0 Å². The zero-order chi connectivity index (χ0) is 12.8. The average Bonchev–Trinajstić information content (AvgIpc) is 2.25. The van der Waals surface area contributed by atoms with E-state index in [9.17, 15) is 0 Å². The van der Waals surface area contributed by atoms with Crippen LogP contribution >= 0.6 is 0 Å². The molecule has 0 fully saturated rings. The van der Waals surface area contributed by atoms with Gasteiger partial charge >= 0.3 is 0 Å². The topological polar surface area (TPSA) is 26.0 Å². The molecule has 0 rings (SSSR count). The van der Waals surface area contributed by atoms with E-state index in [1.165, 1.54) is 19.3 Å². The second kappa shape index (κ2) is 6.32. The van der Waals surface area contributed by atoms with Crippen LogP contribution in [-0.4, -0.2) is 0 Å². The summed E-state index contributed by atoms with van der Waals surface area (Å²) < 4.78 is 0. The Balaban J connectivity index is 4.34. The Labute approximate surface area is 102 Å². The molecular weight excluding hydrogens is 194 g/mol. The third-order valence-corrected chi connectivity index (χ3v) is 4.20. The summed E-state index contributed by atoms with van der Waals surface area (Å²) in [6, 6.07) is 0. The molecule has 0 aromatic carbocycles. The molecule has 0 atom stereocenters. The van der Waals surface area contributed by atoms with Crippen LogP contribution in [0.1, 0.15) is 73.6 Å². The minimum Gasteiger partial charge on any atom is -0.402 e. The standard InChI is InChI=1S/C15H31N/c1-7-14(4,5)12-13(16)10-11-15(6,8-2)9-3/h10H,7-9,11-12,16H2,1-6H3/b13-10-. The van der Waals surface area contributed by atoms with Gasteiger partial charge in [0.2, 0.25) is 0 Å². The summed E-state index contributed by atoms with van der Waals surface area (Å²) in [7, 11) is 0. The Morgan fingerprint density at radius 3 is 1.88 bits per heavy atom. The van der Waals surface area contributed by atoms with Crippen molar-refractivity contribution in [2.24, 2.45) is 16.6 Å². The predicted molar refractivity (Wildman–Crippen MR) is 74.3 cm³/mol. The van der Waals surface area contributed by atoms with Crippen molar-refractivity contribution in [3.05, 3.63) is 11.8 Å². The summed E-state index contributed by atoms with van der Waals surface area (Å²) in [6.45, 7) is 13.7. The second-order valence-corrected chi connectivity index (χ2v) is 6.20. The van der Waals surface area contributed by atoms with E-state index >= 15 is 0 Å². The molecule has 1 nitrogen and oxygen atoms in total. The summed E-state index contributed by atoms with van der Waals surface area (Å²) in [5.41, 5.74) is 7.96. The zero-order valence-corrected chi connectivity index (χ0v) is 12.2. The highest BCUT2D eigenvalue weighted by atomic mass is 14.6. The van der Waals surface area contributed by atoms with Gasteiger partial charge in [-0.1, -0.05) is 66.9 Å². The van der Waals surface area contributed by atoms with Crippen molar-refractivity contribution in [1.82, 2.24) is 0 Å². The van der Waals surface area contributed by atoms with E-state index in [0.29, 0.717) is 10.8 Å². The first-order valence-electron chi connectivity index (χ1n) is 6.73. The molecule has 0 aliphatic carbocycles. The molecule has 16 heavy (non-hydrogen) atoms. The largest absolute Gasteiger partial charge is 0.402 e. The maximum absolute atomic E-state index is 6.11. The zero-order valence-electron chi connectivity index (χ0n) is 12.2. The molecule has 0 spiro atoms. The fourth-order valence-corrected chi connectivity index (χ4v) is 1.67. The van der Waals surface area contributed by atoms with Gasteiger partial charge in [-0.15, -0.1) is 0 Å². The van der Waals surface area contributed by atoms with Gasteiger partial charge in [0, 0.05) is 5.70 Å². The summed E-state index contributed by atoms with van der Waals surface area (Å²) in [5, 5.41) is 0. The molecular formula is C15H31N. The lowest BCUT2D eigenvalue weighted by Crippen LogP contribution is -2.16. The van der Waals surface area contributed by atoms with Crippen molar-refractivity contribution in [2.45, 2.75) is 73.6 Å². The van der Waals surface area contributed by atoms with Gasteiger partial charge in [0.1, 0.15) is 0 Å². The van der Waals surface area contributed by atoms with Gasteiger partial charge in [0.05, 0.1) is 0 Å². The number of allylic oxidation sites excluding steroid dienone is 2. The first kappa shape index (κ1) is 15.5. The molecule has 0 aliphatic rings. The molecule has 0 unspecified atom stereocenters. The Hall–Kier alpha value is -0.460. The van der Waals surface area contributed by atoms with Crippen molar-refractivity contribution in [3.63, 3.8) is 0 Å². The summed E-state index contributed by atoms with van der Waals surface area (Å²) >= 11 is 0. The molecule has 0 radical (unpaired) electrons. The van der Waals surface area contributed by atoms with Crippen LogP contribution < -0.4 is 5.73 Å². The molecule has 0 bridgehead atoms. The second-order valence-electron chi connectivity index (χ2n) is 6.20. The summed E-state index contributed by atoms with van der Waals surface area (Å²) in [4.78, 5) is 0. The first-order chi connectivity index (χ1) is 7.28. The van der Waals surface area contributed by atoms with Crippen molar-refractivity contribution in [3.8, 4) is 0 Å². The maximum Gasteiger partial charge on any atom is 0.00455 e. The molecule has 0 saturated carbocycles. The van der Waals surface area contributed by atoms with Crippen molar-refractivity contribution in [2.75, 3.05) is 0 Å². The smallest absolute Gasteiger partial charge is 0.00455 e. The van der Waals surface area contributed by atoms with Gasteiger partial charge in [-0.3, -0.25) is 0 Å². The van der Waals surface area contributed by atoms with Crippen LogP contribution in [0.15, 0.2) is 11.8 Å². The van der Waals surface area contributed by atoms with Crippen molar-refractivity contribution >= 4 is 0 Å². The van der Waals surface area contributed by atoms with Gasteiger partial charge < -0.3 is 5.73 Å². The van der Waals surface area contributed by atoms with E-state index in [1.54, 1.807) is 0 Å². The van der Waals surface area contributed by atoms with Crippen LogP contribution in [0.4, 0.5) is 0 Å². The van der Waals surface area contributed by atoms with Gasteiger partial charge in [0.25, 0.3) is 0 Å². The van der Waals surface area contributed by atoms with E-state index in [2.05, 4.69) is 47.6 Å². The third-order valence-electron chi connectivity index (χ3n) is 4.20. The minimum absolute atomic E-state index is 0.343. The van der Waals surface area contributed by atoms with E-state index in [-0.39, 0.29) is 0 Å². The monoisotopic (exact) mass is 225 g/mol. The van der Waals surface area contributed by atoms with Crippen LogP contribution in [0.25, 0.3) is 0 Å². The molecule has 0 aromatic heterocycles.